The van der Waals surface area contributed by atoms with Gasteiger partial charge in [0.2, 0.25) is 0 Å². The van der Waals surface area contributed by atoms with E-state index in [0.29, 0.717) is 13.0 Å². The van der Waals surface area contributed by atoms with Gasteiger partial charge in [-0.05, 0) is 25.8 Å². The van der Waals surface area contributed by atoms with Crippen LogP contribution in [0.15, 0.2) is 24.3 Å². The van der Waals surface area contributed by atoms with Gasteiger partial charge in [-0.25, -0.2) is 8.42 Å². The van der Waals surface area contributed by atoms with E-state index >= 15 is 0 Å². The van der Waals surface area contributed by atoms with Crippen molar-refractivity contribution in [3.63, 3.8) is 0 Å². The Kier molecular flexibility index (Phi) is 5.82. The van der Waals surface area contributed by atoms with Crippen LogP contribution in [0.25, 0.3) is 0 Å². The first-order valence-electron chi connectivity index (χ1n) is 6.45. The molecule has 1 atom stereocenters. The molecule has 0 aromatic heterocycles. The minimum atomic E-state index is -2.88. The van der Waals surface area contributed by atoms with Crippen molar-refractivity contribution >= 4 is 9.84 Å². The van der Waals surface area contributed by atoms with Crippen LogP contribution in [-0.4, -0.2) is 26.5 Å². The zero-order chi connectivity index (χ0) is 13.6. The zero-order valence-electron chi connectivity index (χ0n) is 11.4. The smallest absolute Gasteiger partial charge is 0.151 e. The van der Waals surface area contributed by atoms with E-state index in [1.54, 1.807) is 0 Å². The van der Waals surface area contributed by atoms with Crippen LogP contribution in [0, 0.1) is 6.92 Å². The lowest BCUT2D eigenvalue weighted by Crippen LogP contribution is -2.26. The highest BCUT2D eigenvalue weighted by atomic mass is 32.2. The molecule has 0 amide bonds. The van der Waals surface area contributed by atoms with Gasteiger partial charge in [-0.2, -0.15) is 0 Å². The van der Waals surface area contributed by atoms with Gasteiger partial charge in [-0.1, -0.05) is 36.8 Å². The number of rotatable bonds is 7. The van der Waals surface area contributed by atoms with Crippen LogP contribution in [0.2, 0.25) is 0 Å². The van der Waals surface area contributed by atoms with Crippen molar-refractivity contribution in [2.45, 2.75) is 33.2 Å². The molecule has 0 unspecified atom stereocenters. The summed E-state index contributed by atoms with van der Waals surface area (Å²) in [6.07, 6.45) is 0.690. The molecule has 0 aliphatic carbocycles. The van der Waals surface area contributed by atoms with E-state index in [1.165, 1.54) is 11.1 Å². The molecule has 0 bridgehead atoms. The summed E-state index contributed by atoms with van der Waals surface area (Å²) < 4.78 is 23.1. The van der Waals surface area contributed by atoms with Crippen molar-refractivity contribution in [2.24, 2.45) is 0 Å². The highest BCUT2D eigenvalue weighted by Gasteiger charge is 2.10. The average Bonchev–Trinajstić information content (AvgIpc) is 2.29. The van der Waals surface area contributed by atoms with Gasteiger partial charge in [-0.15, -0.1) is 0 Å². The standard InChI is InChI=1S/C14H23NO2S/c1-4-10-18(16,17)11-9-15-13(3)14-7-5-12(2)6-8-14/h5-8,13,15H,4,9-11H2,1-3H3/t13-/m1/s1. The van der Waals surface area contributed by atoms with E-state index in [-0.39, 0.29) is 17.5 Å². The summed E-state index contributed by atoms with van der Waals surface area (Å²) in [5.74, 6) is 0.505. The minimum absolute atomic E-state index is 0.183. The fourth-order valence-electron chi connectivity index (χ4n) is 1.82. The lowest BCUT2D eigenvalue weighted by molar-refractivity contribution is 0.571. The van der Waals surface area contributed by atoms with Crippen LogP contribution in [0.3, 0.4) is 0 Å². The molecule has 3 nitrogen and oxygen atoms in total. The number of nitrogens with one attached hydrogen (secondary N) is 1. The third-order valence-electron chi connectivity index (χ3n) is 2.96. The fraction of sp³-hybridized carbons (Fsp3) is 0.571. The van der Waals surface area contributed by atoms with Gasteiger partial charge < -0.3 is 5.32 Å². The number of hydrogen-bond donors (Lipinski definition) is 1. The monoisotopic (exact) mass is 269 g/mol. The predicted molar refractivity (Wildman–Crippen MR) is 76.5 cm³/mol. The Morgan fingerprint density at radius 3 is 2.33 bits per heavy atom. The molecule has 0 spiro atoms. The van der Waals surface area contributed by atoms with E-state index in [9.17, 15) is 8.42 Å². The molecule has 1 aromatic rings. The molecule has 1 aromatic carbocycles. The van der Waals surface area contributed by atoms with E-state index in [0.717, 1.165) is 0 Å². The second-order valence-electron chi connectivity index (χ2n) is 4.74. The van der Waals surface area contributed by atoms with Gasteiger partial charge in [0, 0.05) is 18.3 Å². The van der Waals surface area contributed by atoms with Crippen molar-refractivity contribution in [1.82, 2.24) is 5.32 Å². The molecule has 0 aliphatic rings. The average molecular weight is 269 g/mol. The highest BCUT2D eigenvalue weighted by molar-refractivity contribution is 7.91. The van der Waals surface area contributed by atoms with E-state index in [1.807, 2.05) is 6.92 Å². The molecule has 0 fully saturated rings. The first-order chi connectivity index (χ1) is 8.44. The molecule has 1 rings (SSSR count). The van der Waals surface area contributed by atoms with Crippen LogP contribution in [0.5, 0.6) is 0 Å². The second-order valence-corrected chi connectivity index (χ2v) is 7.04. The molecule has 102 valence electrons. The lowest BCUT2D eigenvalue weighted by Gasteiger charge is -2.14. The molecular formula is C14H23NO2S. The maximum Gasteiger partial charge on any atom is 0.151 e. The van der Waals surface area contributed by atoms with Crippen LogP contribution < -0.4 is 5.32 Å². The Morgan fingerprint density at radius 1 is 1.17 bits per heavy atom. The summed E-state index contributed by atoms with van der Waals surface area (Å²) >= 11 is 0. The fourth-order valence-corrected chi connectivity index (χ4v) is 3.07. The molecular weight excluding hydrogens is 246 g/mol. The SMILES string of the molecule is CCCS(=O)(=O)CCN[C@H](C)c1ccc(C)cc1. The van der Waals surface area contributed by atoms with Crippen LogP contribution in [-0.2, 0) is 9.84 Å². The van der Waals surface area contributed by atoms with Crippen LogP contribution in [0.1, 0.15) is 37.4 Å². The van der Waals surface area contributed by atoms with Gasteiger partial charge in [0.1, 0.15) is 0 Å². The van der Waals surface area contributed by atoms with E-state index in [4.69, 9.17) is 0 Å². The quantitative estimate of drug-likeness (QED) is 0.827. The molecule has 0 saturated heterocycles. The summed E-state index contributed by atoms with van der Waals surface area (Å²) in [4.78, 5) is 0. The van der Waals surface area contributed by atoms with Gasteiger partial charge in [-0.3, -0.25) is 0 Å². The minimum Gasteiger partial charge on any atom is -0.309 e. The number of aryl methyl sites for hydroxylation is 1. The first kappa shape index (κ1) is 15.2. The maximum absolute atomic E-state index is 11.6. The summed E-state index contributed by atoms with van der Waals surface area (Å²) in [5.41, 5.74) is 2.42. The Labute approximate surface area is 111 Å². The Bertz CT molecular complexity index is 451. The summed E-state index contributed by atoms with van der Waals surface area (Å²) in [7, 11) is -2.88. The number of hydrogen-bond acceptors (Lipinski definition) is 3. The van der Waals surface area contributed by atoms with Crippen molar-refractivity contribution < 1.29 is 8.42 Å². The molecule has 0 heterocycles. The van der Waals surface area contributed by atoms with Crippen LogP contribution >= 0.6 is 0 Å². The molecule has 4 heteroatoms. The Hall–Kier alpha value is -0.870. The number of benzene rings is 1. The predicted octanol–water partition coefficient (Wildman–Crippen LogP) is 2.47. The largest absolute Gasteiger partial charge is 0.309 e. The second kappa shape index (κ2) is 6.90. The van der Waals surface area contributed by atoms with Crippen LogP contribution in [0.4, 0.5) is 0 Å². The third-order valence-corrected chi connectivity index (χ3v) is 4.81. The Morgan fingerprint density at radius 2 is 1.78 bits per heavy atom. The van der Waals surface area contributed by atoms with Crippen molar-refractivity contribution in [3.05, 3.63) is 35.4 Å². The van der Waals surface area contributed by atoms with Gasteiger partial charge >= 0.3 is 0 Å². The van der Waals surface area contributed by atoms with E-state index in [2.05, 4.69) is 43.4 Å². The lowest BCUT2D eigenvalue weighted by atomic mass is 10.1. The molecule has 1 N–H and O–H groups in total. The van der Waals surface area contributed by atoms with Crippen molar-refractivity contribution in [3.8, 4) is 0 Å². The first-order valence-corrected chi connectivity index (χ1v) is 8.27. The molecule has 0 radical (unpaired) electrons. The number of sulfone groups is 1. The highest BCUT2D eigenvalue weighted by Crippen LogP contribution is 2.12. The topological polar surface area (TPSA) is 46.2 Å². The van der Waals surface area contributed by atoms with Crippen molar-refractivity contribution in [1.29, 1.82) is 0 Å². The van der Waals surface area contributed by atoms with Gasteiger partial charge in [0.25, 0.3) is 0 Å². The molecule has 0 aliphatic heterocycles. The van der Waals surface area contributed by atoms with E-state index < -0.39 is 9.84 Å². The molecule has 0 saturated carbocycles. The van der Waals surface area contributed by atoms with Gasteiger partial charge in [0.15, 0.2) is 9.84 Å². The van der Waals surface area contributed by atoms with Gasteiger partial charge in [0.05, 0.1) is 5.75 Å². The Balaban J connectivity index is 2.42. The molecule has 18 heavy (non-hydrogen) atoms. The summed E-state index contributed by atoms with van der Waals surface area (Å²) in [6, 6.07) is 8.48. The zero-order valence-corrected chi connectivity index (χ0v) is 12.3. The third kappa shape index (κ3) is 5.19. The van der Waals surface area contributed by atoms with Crippen molar-refractivity contribution in [2.75, 3.05) is 18.1 Å². The normalized spacial score (nSPS) is 13.5. The summed E-state index contributed by atoms with van der Waals surface area (Å²) in [5, 5.41) is 3.25. The maximum atomic E-state index is 11.6. The summed E-state index contributed by atoms with van der Waals surface area (Å²) in [6.45, 7) is 6.51.